The summed E-state index contributed by atoms with van der Waals surface area (Å²) in [7, 11) is 1.82. The molecule has 1 fully saturated rings. The summed E-state index contributed by atoms with van der Waals surface area (Å²) in [6, 6.07) is 0. The molecule has 120 valence electrons. The predicted molar refractivity (Wildman–Crippen MR) is 84.0 cm³/mol. The Kier molecular flexibility index (Phi) is 8.03. The molecule has 3 unspecified atom stereocenters. The molecule has 0 bridgehead atoms. The van der Waals surface area contributed by atoms with Gasteiger partial charge in [0.15, 0.2) is 0 Å². The summed E-state index contributed by atoms with van der Waals surface area (Å²) in [5.41, 5.74) is -0.0848. The molecule has 1 saturated heterocycles. The van der Waals surface area contributed by atoms with E-state index >= 15 is 0 Å². The molecule has 0 aromatic rings. The monoisotopic (exact) mass is 286 g/mol. The van der Waals surface area contributed by atoms with Gasteiger partial charge in [-0.2, -0.15) is 0 Å². The first kappa shape index (κ1) is 17.9. The van der Waals surface area contributed by atoms with Gasteiger partial charge in [-0.15, -0.1) is 0 Å². The van der Waals surface area contributed by atoms with Crippen molar-refractivity contribution in [1.29, 1.82) is 0 Å². The smallest absolute Gasteiger partial charge is 0.0724 e. The van der Waals surface area contributed by atoms with E-state index in [2.05, 4.69) is 31.0 Å². The van der Waals surface area contributed by atoms with Crippen LogP contribution < -0.4 is 5.32 Å². The van der Waals surface area contributed by atoms with Crippen molar-refractivity contribution < 1.29 is 9.84 Å². The Morgan fingerprint density at radius 1 is 1.40 bits per heavy atom. The third-order valence-corrected chi connectivity index (χ3v) is 4.94. The molecule has 20 heavy (non-hydrogen) atoms. The van der Waals surface area contributed by atoms with E-state index in [-0.39, 0.29) is 12.1 Å². The van der Waals surface area contributed by atoms with E-state index in [9.17, 15) is 5.11 Å². The van der Waals surface area contributed by atoms with Crippen molar-refractivity contribution >= 4 is 0 Å². The standard InChI is InChI=1S/C16H34N2O2/c1-5-16(13-19,17-6-2)9-7-10-18-11-8-14(3)15(12-18)20-4/h14-15,17,19H,5-13H2,1-4H3. The molecule has 0 aromatic heterocycles. The van der Waals surface area contributed by atoms with Gasteiger partial charge in [-0.25, -0.2) is 0 Å². The Morgan fingerprint density at radius 2 is 2.15 bits per heavy atom. The quantitative estimate of drug-likeness (QED) is 0.679. The Balaban J connectivity index is 2.35. The van der Waals surface area contributed by atoms with Crippen LogP contribution in [0.15, 0.2) is 0 Å². The third kappa shape index (κ3) is 4.99. The second-order valence-electron chi connectivity index (χ2n) is 6.27. The van der Waals surface area contributed by atoms with Crippen LogP contribution in [-0.2, 0) is 4.74 Å². The molecule has 2 N–H and O–H groups in total. The Hall–Kier alpha value is -0.160. The van der Waals surface area contributed by atoms with Crippen LogP contribution in [0.25, 0.3) is 0 Å². The summed E-state index contributed by atoms with van der Waals surface area (Å²) in [5, 5.41) is 13.1. The van der Waals surface area contributed by atoms with Crippen molar-refractivity contribution in [2.45, 2.75) is 58.1 Å². The number of piperidine rings is 1. The van der Waals surface area contributed by atoms with Gasteiger partial charge in [0.05, 0.1) is 12.7 Å². The normalized spacial score (nSPS) is 27.4. The number of ether oxygens (including phenoxy) is 1. The molecule has 0 saturated carbocycles. The van der Waals surface area contributed by atoms with Crippen molar-refractivity contribution in [3.05, 3.63) is 0 Å². The number of aliphatic hydroxyl groups excluding tert-OH is 1. The minimum atomic E-state index is -0.0848. The van der Waals surface area contributed by atoms with E-state index < -0.39 is 0 Å². The molecule has 3 atom stereocenters. The summed E-state index contributed by atoms with van der Waals surface area (Å²) in [4.78, 5) is 2.51. The van der Waals surface area contributed by atoms with Crippen molar-refractivity contribution in [2.24, 2.45) is 5.92 Å². The highest BCUT2D eigenvalue weighted by Crippen LogP contribution is 2.21. The van der Waals surface area contributed by atoms with E-state index in [1.165, 1.54) is 13.0 Å². The second kappa shape index (κ2) is 8.98. The van der Waals surface area contributed by atoms with Crippen LogP contribution in [0.1, 0.15) is 46.5 Å². The van der Waals surface area contributed by atoms with Gasteiger partial charge in [0, 0.05) is 19.2 Å². The van der Waals surface area contributed by atoms with Gasteiger partial charge in [-0.3, -0.25) is 0 Å². The van der Waals surface area contributed by atoms with Gasteiger partial charge in [-0.1, -0.05) is 20.8 Å². The fourth-order valence-electron chi connectivity index (χ4n) is 3.26. The number of aliphatic hydroxyl groups is 1. The predicted octanol–water partition coefficient (Wildman–Crippen LogP) is 1.87. The molecule has 4 nitrogen and oxygen atoms in total. The van der Waals surface area contributed by atoms with Crippen molar-refractivity contribution in [3.8, 4) is 0 Å². The lowest BCUT2D eigenvalue weighted by Crippen LogP contribution is -2.49. The lowest BCUT2D eigenvalue weighted by atomic mass is 9.90. The third-order valence-electron chi connectivity index (χ3n) is 4.94. The fraction of sp³-hybridized carbons (Fsp3) is 1.00. The number of likely N-dealkylation sites (tertiary alicyclic amines) is 1. The molecule has 1 rings (SSSR count). The zero-order chi connectivity index (χ0) is 15.0. The Bertz CT molecular complexity index is 257. The molecule has 0 aliphatic carbocycles. The van der Waals surface area contributed by atoms with Gasteiger partial charge in [0.2, 0.25) is 0 Å². The first-order valence-electron chi connectivity index (χ1n) is 8.21. The number of methoxy groups -OCH3 is 1. The lowest BCUT2D eigenvalue weighted by Gasteiger charge is -2.37. The Labute approximate surface area is 124 Å². The van der Waals surface area contributed by atoms with Gasteiger partial charge >= 0.3 is 0 Å². The van der Waals surface area contributed by atoms with Crippen LogP contribution in [-0.4, -0.2) is 61.5 Å². The number of rotatable bonds is 9. The van der Waals surface area contributed by atoms with Gasteiger partial charge in [0.1, 0.15) is 0 Å². The molecule has 1 aliphatic rings. The van der Waals surface area contributed by atoms with Crippen molar-refractivity contribution in [2.75, 3.05) is 39.9 Å². The first-order chi connectivity index (χ1) is 9.60. The van der Waals surface area contributed by atoms with E-state index in [1.54, 1.807) is 0 Å². The summed E-state index contributed by atoms with van der Waals surface area (Å²) in [5.74, 6) is 0.671. The molecule has 4 heteroatoms. The zero-order valence-corrected chi connectivity index (χ0v) is 13.8. The largest absolute Gasteiger partial charge is 0.394 e. The second-order valence-corrected chi connectivity index (χ2v) is 6.27. The van der Waals surface area contributed by atoms with Crippen LogP contribution in [0.3, 0.4) is 0 Å². The minimum absolute atomic E-state index is 0.0848. The van der Waals surface area contributed by atoms with Crippen molar-refractivity contribution in [3.63, 3.8) is 0 Å². The van der Waals surface area contributed by atoms with Gasteiger partial charge in [0.25, 0.3) is 0 Å². The van der Waals surface area contributed by atoms with Crippen LogP contribution >= 0.6 is 0 Å². The molecular weight excluding hydrogens is 252 g/mol. The highest BCUT2D eigenvalue weighted by molar-refractivity contribution is 4.86. The van der Waals surface area contributed by atoms with E-state index in [0.29, 0.717) is 12.0 Å². The minimum Gasteiger partial charge on any atom is -0.394 e. The number of nitrogens with zero attached hydrogens (tertiary/aromatic N) is 1. The number of hydrogen-bond donors (Lipinski definition) is 2. The number of likely N-dealkylation sites (N-methyl/N-ethyl adjacent to an activating group) is 1. The topological polar surface area (TPSA) is 44.7 Å². The van der Waals surface area contributed by atoms with E-state index in [0.717, 1.165) is 38.9 Å². The summed E-state index contributed by atoms with van der Waals surface area (Å²) in [6.45, 7) is 11.0. The van der Waals surface area contributed by atoms with Gasteiger partial charge in [-0.05, 0) is 51.2 Å². The SMILES string of the molecule is CCNC(CC)(CO)CCCN1CCC(C)C(OC)C1. The molecule has 0 spiro atoms. The first-order valence-corrected chi connectivity index (χ1v) is 8.21. The maximum atomic E-state index is 9.66. The zero-order valence-electron chi connectivity index (χ0n) is 13.8. The average Bonchev–Trinajstić information content (AvgIpc) is 2.48. The van der Waals surface area contributed by atoms with Crippen LogP contribution in [0.2, 0.25) is 0 Å². The number of hydrogen-bond acceptors (Lipinski definition) is 4. The maximum absolute atomic E-state index is 9.66. The summed E-state index contributed by atoms with van der Waals surface area (Å²) >= 11 is 0. The molecule has 1 heterocycles. The van der Waals surface area contributed by atoms with E-state index in [1.807, 2.05) is 7.11 Å². The van der Waals surface area contributed by atoms with E-state index in [4.69, 9.17) is 4.74 Å². The van der Waals surface area contributed by atoms with Crippen molar-refractivity contribution in [1.82, 2.24) is 10.2 Å². The molecule has 0 aromatic carbocycles. The summed E-state index contributed by atoms with van der Waals surface area (Å²) in [6.07, 6.45) is 4.76. The van der Waals surface area contributed by atoms with Gasteiger partial charge < -0.3 is 20.1 Å². The fourth-order valence-corrected chi connectivity index (χ4v) is 3.26. The van der Waals surface area contributed by atoms with Crippen LogP contribution in [0.4, 0.5) is 0 Å². The molecule has 1 aliphatic heterocycles. The molecular formula is C16H34N2O2. The average molecular weight is 286 g/mol. The molecule has 0 amide bonds. The van der Waals surface area contributed by atoms with Crippen LogP contribution in [0.5, 0.6) is 0 Å². The Morgan fingerprint density at radius 3 is 2.70 bits per heavy atom. The summed E-state index contributed by atoms with van der Waals surface area (Å²) < 4.78 is 5.57. The number of nitrogens with one attached hydrogen (secondary N) is 1. The maximum Gasteiger partial charge on any atom is 0.0724 e. The van der Waals surface area contributed by atoms with Crippen LogP contribution in [0, 0.1) is 5.92 Å². The highest BCUT2D eigenvalue weighted by Gasteiger charge is 2.28. The molecule has 0 radical (unpaired) electrons. The lowest BCUT2D eigenvalue weighted by molar-refractivity contribution is -0.00613. The highest BCUT2D eigenvalue weighted by atomic mass is 16.5.